The second-order valence-corrected chi connectivity index (χ2v) is 5.54. The number of sulfone groups is 1. The van der Waals surface area contributed by atoms with Crippen LogP contribution in [0.3, 0.4) is 0 Å². The molecule has 1 heterocycles. The van der Waals surface area contributed by atoms with Gasteiger partial charge in [-0.15, -0.1) is 0 Å². The molecule has 15 heavy (non-hydrogen) atoms. The Morgan fingerprint density at radius 3 is 2.93 bits per heavy atom. The van der Waals surface area contributed by atoms with Gasteiger partial charge in [0.05, 0.1) is 23.4 Å². The number of fused-ring (bicyclic) bond motifs is 1. The van der Waals surface area contributed by atoms with E-state index in [1.165, 1.54) is 7.11 Å². The molecule has 0 saturated heterocycles. The van der Waals surface area contributed by atoms with Crippen molar-refractivity contribution in [1.82, 2.24) is 0 Å². The van der Waals surface area contributed by atoms with Crippen molar-refractivity contribution in [2.75, 3.05) is 24.7 Å². The Morgan fingerprint density at radius 2 is 2.20 bits per heavy atom. The smallest absolute Gasteiger partial charge is 0.180 e. The molecule has 1 aliphatic heterocycles. The van der Waals surface area contributed by atoms with Crippen LogP contribution in [0.15, 0.2) is 23.1 Å². The zero-order chi connectivity index (χ0) is 10.9. The summed E-state index contributed by atoms with van der Waals surface area (Å²) < 4.78 is 28.8. The Morgan fingerprint density at radius 1 is 1.40 bits per heavy atom. The molecular weight excluding hydrogens is 214 g/mol. The molecule has 5 heteroatoms. The van der Waals surface area contributed by atoms with E-state index in [9.17, 15) is 8.42 Å². The van der Waals surface area contributed by atoms with Crippen molar-refractivity contribution in [3.8, 4) is 5.75 Å². The van der Waals surface area contributed by atoms with E-state index in [0.717, 1.165) is 0 Å². The molecule has 0 bridgehead atoms. The molecule has 82 valence electrons. The van der Waals surface area contributed by atoms with Crippen molar-refractivity contribution in [3.05, 3.63) is 18.2 Å². The van der Waals surface area contributed by atoms with E-state index in [0.29, 0.717) is 29.3 Å². The first-order chi connectivity index (χ1) is 7.13. The third-order valence-corrected chi connectivity index (χ3v) is 4.26. The van der Waals surface area contributed by atoms with Gasteiger partial charge in [-0.1, -0.05) is 0 Å². The number of hydrogen-bond acceptors (Lipinski definition) is 4. The van der Waals surface area contributed by atoms with E-state index in [2.05, 4.69) is 5.32 Å². The van der Waals surface area contributed by atoms with Crippen molar-refractivity contribution in [2.45, 2.75) is 11.3 Å². The van der Waals surface area contributed by atoms with Gasteiger partial charge in [0.2, 0.25) is 0 Å². The molecule has 0 unspecified atom stereocenters. The lowest BCUT2D eigenvalue weighted by Gasteiger charge is -2.08. The molecule has 1 N–H and O–H groups in total. The minimum Gasteiger partial charge on any atom is -0.497 e. The average molecular weight is 227 g/mol. The zero-order valence-corrected chi connectivity index (χ0v) is 9.30. The molecule has 0 radical (unpaired) electrons. The quantitative estimate of drug-likeness (QED) is 0.785. The molecule has 4 nitrogen and oxygen atoms in total. The van der Waals surface area contributed by atoms with Crippen LogP contribution in [0.2, 0.25) is 0 Å². The molecule has 1 aromatic rings. The molecule has 0 atom stereocenters. The first-order valence-corrected chi connectivity index (χ1v) is 6.43. The molecule has 1 aliphatic rings. The van der Waals surface area contributed by atoms with Gasteiger partial charge in [0.25, 0.3) is 0 Å². The van der Waals surface area contributed by atoms with Gasteiger partial charge in [-0.2, -0.15) is 0 Å². The van der Waals surface area contributed by atoms with E-state index in [1.54, 1.807) is 18.2 Å². The molecule has 0 aromatic heterocycles. The molecule has 2 rings (SSSR count). The van der Waals surface area contributed by atoms with Crippen LogP contribution in [0.25, 0.3) is 0 Å². The average Bonchev–Trinajstić information content (AvgIpc) is 2.37. The lowest BCUT2D eigenvalue weighted by molar-refractivity contribution is 0.413. The molecular formula is C10H13NO3S. The highest BCUT2D eigenvalue weighted by Crippen LogP contribution is 2.29. The first kappa shape index (κ1) is 10.3. The number of methoxy groups -OCH3 is 1. The van der Waals surface area contributed by atoms with Gasteiger partial charge in [0.1, 0.15) is 5.75 Å². The molecule has 0 spiro atoms. The van der Waals surface area contributed by atoms with E-state index in [-0.39, 0.29) is 5.75 Å². The monoisotopic (exact) mass is 227 g/mol. The van der Waals surface area contributed by atoms with Crippen LogP contribution in [0.4, 0.5) is 5.69 Å². The number of benzene rings is 1. The predicted octanol–water partition coefficient (Wildman–Crippen LogP) is 1.28. The van der Waals surface area contributed by atoms with Crippen LogP contribution < -0.4 is 10.1 Å². The zero-order valence-electron chi connectivity index (χ0n) is 8.49. The van der Waals surface area contributed by atoms with E-state index < -0.39 is 9.84 Å². The maximum atomic E-state index is 11.9. The van der Waals surface area contributed by atoms with Crippen LogP contribution in [0, 0.1) is 0 Å². The van der Waals surface area contributed by atoms with Gasteiger partial charge in [0, 0.05) is 12.6 Å². The fourth-order valence-corrected chi connectivity index (χ4v) is 3.14. The van der Waals surface area contributed by atoms with Crippen LogP contribution >= 0.6 is 0 Å². The normalized spacial score (nSPS) is 18.5. The summed E-state index contributed by atoms with van der Waals surface area (Å²) >= 11 is 0. The van der Waals surface area contributed by atoms with E-state index in [1.807, 2.05) is 0 Å². The van der Waals surface area contributed by atoms with Gasteiger partial charge in [-0.25, -0.2) is 8.42 Å². The Labute approximate surface area is 89.2 Å². The lowest BCUT2D eigenvalue weighted by Crippen LogP contribution is -2.05. The molecule has 0 saturated carbocycles. The van der Waals surface area contributed by atoms with Crippen LogP contribution in [0.5, 0.6) is 5.75 Å². The molecule has 0 fully saturated rings. The van der Waals surface area contributed by atoms with E-state index >= 15 is 0 Å². The maximum absolute atomic E-state index is 11.9. The summed E-state index contributed by atoms with van der Waals surface area (Å²) in [6, 6.07) is 5.08. The SMILES string of the molecule is COc1ccc2c(c1)S(=O)(=O)CCCN2. The fourth-order valence-electron chi connectivity index (χ4n) is 1.63. The first-order valence-electron chi connectivity index (χ1n) is 4.78. The Balaban J connectivity index is 2.59. The van der Waals surface area contributed by atoms with Gasteiger partial charge in [-0.05, 0) is 18.6 Å². The molecule has 0 aliphatic carbocycles. The van der Waals surface area contributed by atoms with Crippen LogP contribution in [0.1, 0.15) is 6.42 Å². The lowest BCUT2D eigenvalue weighted by atomic mass is 10.3. The summed E-state index contributed by atoms with van der Waals surface area (Å²) in [5, 5.41) is 3.10. The van der Waals surface area contributed by atoms with Crippen molar-refractivity contribution in [1.29, 1.82) is 0 Å². The fraction of sp³-hybridized carbons (Fsp3) is 0.400. The maximum Gasteiger partial charge on any atom is 0.180 e. The summed E-state index contributed by atoms with van der Waals surface area (Å²) in [6.07, 6.45) is 0.638. The number of anilines is 1. The van der Waals surface area contributed by atoms with Gasteiger partial charge in [0.15, 0.2) is 9.84 Å². The van der Waals surface area contributed by atoms with Crippen molar-refractivity contribution < 1.29 is 13.2 Å². The van der Waals surface area contributed by atoms with Crippen molar-refractivity contribution in [3.63, 3.8) is 0 Å². The topological polar surface area (TPSA) is 55.4 Å². The van der Waals surface area contributed by atoms with Gasteiger partial charge >= 0.3 is 0 Å². The standard InChI is InChI=1S/C10H13NO3S/c1-14-8-3-4-9-10(7-8)15(12,13)6-2-5-11-9/h3-4,7,11H,2,5-6H2,1H3. The third kappa shape index (κ3) is 1.92. The predicted molar refractivity (Wildman–Crippen MR) is 58.2 cm³/mol. The second-order valence-electron chi connectivity index (χ2n) is 3.46. The van der Waals surface area contributed by atoms with E-state index in [4.69, 9.17) is 4.74 Å². The summed E-state index contributed by atoms with van der Waals surface area (Å²) in [6.45, 7) is 0.693. The highest BCUT2D eigenvalue weighted by atomic mass is 32.2. The van der Waals surface area contributed by atoms with Crippen molar-refractivity contribution >= 4 is 15.5 Å². The Hall–Kier alpha value is -1.23. The minimum atomic E-state index is -3.15. The Bertz CT molecular complexity index is 468. The number of hydrogen-bond donors (Lipinski definition) is 1. The molecule has 0 amide bonds. The largest absolute Gasteiger partial charge is 0.497 e. The third-order valence-electron chi connectivity index (χ3n) is 2.43. The summed E-state index contributed by atoms with van der Waals surface area (Å²) in [5.74, 6) is 0.765. The summed E-state index contributed by atoms with van der Waals surface area (Å²) in [4.78, 5) is 0.347. The van der Waals surface area contributed by atoms with Gasteiger partial charge in [-0.3, -0.25) is 0 Å². The van der Waals surface area contributed by atoms with Crippen molar-refractivity contribution in [2.24, 2.45) is 0 Å². The number of rotatable bonds is 1. The summed E-state index contributed by atoms with van der Waals surface area (Å²) in [5.41, 5.74) is 0.674. The second kappa shape index (κ2) is 3.73. The minimum absolute atomic E-state index is 0.195. The number of ether oxygens (including phenoxy) is 1. The highest BCUT2D eigenvalue weighted by Gasteiger charge is 2.21. The van der Waals surface area contributed by atoms with Crippen LogP contribution in [-0.2, 0) is 9.84 Å². The van der Waals surface area contributed by atoms with Gasteiger partial charge < -0.3 is 10.1 Å². The highest BCUT2D eigenvalue weighted by molar-refractivity contribution is 7.91. The van der Waals surface area contributed by atoms with Crippen LogP contribution in [-0.4, -0.2) is 27.8 Å². The molecule has 1 aromatic carbocycles. The Kier molecular flexibility index (Phi) is 2.56. The number of nitrogens with one attached hydrogen (secondary N) is 1. The summed E-state index contributed by atoms with van der Waals surface area (Å²) in [7, 11) is -1.63.